The zero-order chi connectivity index (χ0) is 29.8. The van der Waals surface area contributed by atoms with Crippen molar-refractivity contribution < 1.29 is 4.42 Å². The smallest absolute Gasteiger partial charge is 0.153 e. The second-order valence-corrected chi connectivity index (χ2v) is 12.6. The van der Waals surface area contributed by atoms with Crippen molar-refractivity contribution in [2.45, 2.75) is 26.2 Å². The van der Waals surface area contributed by atoms with Crippen LogP contribution in [0.1, 0.15) is 41.5 Å². The summed E-state index contributed by atoms with van der Waals surface area (Å²) in [6.45, 7) is 4.42. The molecule has 0 spiro atoms. The standard InChI is InChI=1S/C41H29NOS/c1-3-28(31-13-6-7-14-32(31)29-12-5-4-11-25(29)2)34-16-10-17-35-39-30(21-19-27(24-42)40(39)43-41(34)35)26-20-22-38-36(23-26)33-15-8-9-18-37(33)44-38/h4-23,28H,3H2,1-2H3. The Bertz CT molecular complexity index is 2420. The van der Waals surface area contributed by atoms with Gasteiger partial charge in [-0.05, 0) is 71.0 Å². The zero-order valence-electron chi connectivity index (χ0n) is 24.6. The normalized spacial score (nSPS) is 12.3. The van der Waals surface area contributed by atoms with Crippen LogP contribution in [0.5, 0.6) is 0 Å². The van der Waals surface area contributed by atoms with E-state index in [1.54, 1.807) is 0 Å². The van der Waals surface area contributed by atoms with E-state index in [1.165, 1.54) is 42.4 Å². The van der Waals surface area contributed by atoms with Gasteiger partial charge in [-0.25, -0.2) is 0 Å². The number of benzene rings is 6. The minimum atomic E-state index is 0.123. The van der Waals surface area contributed by atoms with Crippen LogP contribution < -0.4 is 0 Å². The molecule has 8 aromatic rings. The van der Waals surface area contributed by atoms with E-state index in [2.05, 4.69) is 135 Å². The van der Waals surface area contributed by atoms with Gasteiger partial charge in [0.05, 0.1) is 5.56 Å². The van der Waals surface area contributed by atoms with Crippen molar-refractivity contribution >= 4 is 53.4 Å². The average Bonchev–Trinajstić information content (AvgIpc) is 3.64. The molecule has 0 aliphatic rings. The molecule has 0 aliphatic heterocycles. The van der Waals surface area contributed by atoms with Crippen molar-refractivity contribution in [2.75, 3.05) is 0 Å². The van der Waals surface area contributed by atoms with Crippen molar-refractivity contribution in [1.82, 2.24) is 0 Å². The molecule has 1 atom stereocenters. The molecular formula is C41H29NOS. The van der Waals surface area contributed by atoms with Gasteiger partial charge < -0.3 is 4.42 Å². The molecule has 0 amide bonds. The molecule has 0 aliphatic carbocycles. The molecular weight excluding hydrogens is 555 g/mol. The van der Waals surface area contributed by atoms with E-state index in [4.69, 9.17) is 4.42 Å². The maximum Gasteiger partial charge on any atom is 0.153 e. The van der Waals surface area contributed by atoms with Gasteiger partial charge in [0.2, 0.25) is 0 Å². The van der Waals surface area contributed by atoms with E-state index >= 15 is 0 Å². The van der Waals surface area contributed by atoms with E-state index in [1.807, 2.05) is 17.4 Å². The molecule has 2 nitrogen and oxygen atoms in total. The highest BCUT2D eigenvalue weighted by Crippen LogP contribution is 2.45. The molecule has 210 valence electrons. The van der Waals surface area contributed by atoms with E-state index in [-0.39, 0.29) is 5.92 Å². The second kappa shape index (κ2) is 10.5. The van der Waals surface area contributed by atoms with Crippen LogP contribution in [0.3, 0.4) is 0 Å². The SMILES string of the molecule is CCC(c1ccccc1-c1ccccc1C)c1cccc2c1oc1c(C#N)ccc(-c3ccc4sc5ccccc5c4c3)c12. The summed E-state index contributed by atoms with van der Waals surface area (Å²) in [4.78, 5) is 0. The molecule has 0 fully saturated rings. The van der Waals surface area contributed by atoms with E-state index in [0.717, 1.165) is 39.5 Å². The van der Waals surface area contributed by atoms with Crippen LogP contribution in [-0.2, 0) is 0 Å². The summed E-state index contributed by atoms with van der Waals surface area (Å²) in [5.41, 5.74) is 10.5. The highest BCUT2D eigenvalue weighted by Gasteiger charge is 2.24. The fourth-order valence-electron chi connectivity index (χ4n) is 6.95. The number of para-hydroxylation sites is 1. The zero-order valence-corrected chi connectivity index (χ0v) is 25.4. The lowest BCUT2D eigenvalue weighted by molar-refractivity contribution is 0.651. The average molecular weight is 584 g/mol. The second-order valence-electron chi connectivity index (χ2n) is 11.5. The Morgan fingerprint density at radius 2 is 1.39 bits per heavy atom. The Kier molecular flexibility index (Phi) is 6.33. The first-order chi connectivity index (χ1) is 21.7. The van der Waals surface area contributed by atoms with Crippen LogP contribution in [0.25, 0.3) is 64.4 Å². The van der Waals surface area contributed by atoms with Crippen LogP contribution in [0.15, 0.2) is 126 Å². The van der Waals surface area contributed by atoms with Gasteiger partial charge in [0.1, 0.15) is 11.7 Å². The fourth-order valence-corrected chi connectivity index (χ4v) is 8.04. The van der Waals surface area contributed by atoms with E-state index < -0.39 is 0 Å². The predicted molar refractivity (Wildman–Crippen MR) is 186 cm³/mol. The van der Waals surface area contributed by atoms with Crippen LogP contribution in [0.2, 0.25) is 0 Å². The first-order valence-corrected chi connectivity index (χ1v) is 15.9. The summed E-state index contributed by atoms with van der Waals surface area (Å²) >= 11 is 1.82. The van der Waals surface area contributed by atoms with Gasteiger partial charge in [-0.3, -0.25) is 0 Å². The molecule has 44 heavy (non-hydrogen) atoms. The molecule has 0 N–H and O–H groups in total. The summed E-state index contributed by atoms with van der Waals surface area (Å²) in [7, 11) is 0. The minimum Gasteiger partial charge on any atom is -0.454 e. The number of hydrogen-bond donors (Lipinski definition) is 0. The summed E-state index contributed by atoms with van der Waals surface area (Å²) in [5.74, 6) is 0.123. The topological polar surface area (TPSA) is 36.9 Å². The Morgan fingerprint density at radius 1 is 0.659 bits per heavy atom. The van der Waals surface area contributed by atoms with Gasteiger partial charge in [0, 0.05) is 42.4 Å². The lowest BCUT2D eigenvalue weighted by atomic mass is 9.83. The number of nitriles is 1. The minimum absolute atomic E-state index is 0.123. The molecule has 1 unspecified atom stereocenters. The predicted octanol–water partition coefficient (Wildman–Crippen LogP) is 12.0. The van der Waals surface area contributed by atoms with Crippen LogP contribution in [-0.4, -0.2) is 0 Å². The number of furan rings is 1. The molecule has 0 saturated carbocycles. The maximum atomic E-state index is 10.1. The van der Waals surface area contributed by atoms with Gasteiger partial charge in [-0.15, -0.1) is 11.3 Å². The van der Waals surface area contributed by atoms with Crippen molar-refractivity contribution in [2.24, 2.45) is 0 Å². The first-order valence-electron chi connectivity index (χ1n) is 15.1. The Hall–Kier alpha value is -5.17. The number of aryl methyl sites for hydroxylation is 1. The van der Waals surface area contributed by atoms with E-state index in [9.17, 15) is 5.26 Å². The van der Waals surface area contributed by atoms with Crippen molar-refractivity contribution in [1.29, 1.82) is 5.26 Å². The van der Waals surface area contributed by atoms with Gasteiger partial charge in [0.15, 0.2) is 5.58 Å². The van der Waals surface area contributed by atoms with Crippen LogP contribution in [0, 0.1) is 18.3 Å². The number of fused-ring (bicyclic) bond motifs is 6. The van der Waals surface area contributed by atoms with Gasteiger partial charge in [-0.2, -0.15) is 5.26 Å². The fraction of sp³-hybridized carbons (Fsp3) is 0.0976. The number of rotatable bonds is 5. The number of thiophene rings is 1. The van der Waals surface area contributed by atoms with Gasteiger partial charge in [0.25, 0.3) is 0 Å². The lowest BCUT2D eigenvalue weighted by Gasteiger charge is -2.21. The Morgan fingerprint density at radius 3 is 2.23 bits per heavy atom. The Labute approximate surface area is 260 Å². The third-order valence-corrected chi connectivity index (χ3v) is 10.2. The third-order valence-electron chi connectivity index (χ3n) is 9.04. The quantitative estimate of drug-likeness (QED) is 0.202. The largest absolute Gasteiger partial charge is 0.454 e. The van der Waals surface area contributed by atoms with Crippen molar-refractivity contribution in [3.05, 3.63) is 144 Å². The third kappa shape index (κ3) is 4.07. The molecule has 0 bridgehead atoms. The number of hydrogen-bond acceptors (Lipinski definition) is 3. The monoisotopic (exact) mass is 583 g/mol. The molecule has 0 radical (unpaired) electrons. The Balaban J connectivity index is 1.37. The molecule has 8 rings (SSSR count). The van der Waals surface area contributed by atoms with E-state index in [0.29, 0.717) is 11.1 Å². The lowest BCUT2D eigenvalue weighted by Crippen LogP contribution is -2.03. The molecule has 0 saturated heterocycles. The van der Waals surface area contributed by atoms with Gasteiger partial charge >= 0.3 is 0 Å². The van der Waals surface area contributed by atoms with Crippen LogP contribution >= 0.6 is 11.3 Å². The highest BCUT2D eigenvalue weighted by atomic mass is 32.1. The van der Waals surface area contributed by atoms with Crippen LogP contribution in [0.4, 0.5) is 0 Å². The summed E-state index contributed by atoms with van der Waals surface area (Å²) in [6.07, 6.45) is 0.916. The summed E-state index contributed by atoms with van der Waals surface area (Å²) in [6, 6.07) is 45.5. The van der Waals surface area contributed by atoms with Gasteiger partial charge in [-0.1, -0.05) is 104 Å². The highest BCUT2D eigenvalue weighted by molar-refractivity contribution is 7.25. The first kappa shape index (κ1) is 26.5. The number of nitrogens with zero attached hydrogens (tertiary/aromatic N) is 1. The molecule has 6 aromatic carbocycles. The molecule has 3 heteroatoms. The van der Waals surface area contributed by atoms with Crippen molar-refractivity contribution in [3.63, 3.8) is 0 Å². The summed E-state index contributed by atoms with van der Waals surface area (Å²) in [5, 5.41) is 14.7. The molecule has 2 heterocycles. The maximum absolute atomic E-state index is 10.1. The molecule has 2 aromatic heterocycles. The summed E-state index contributed by atoms with van der Waals surface area (Å²) < 4.78 is 9.33. The van der Waals surface area contributed by atoms with Crippen molar-refractivity contribution in [3.8, 4) is 28.3 Å².